The molecule has 23 heavy (non-hydrogen) atoms. The van der Waals surface area contributed by atoms with Crippen LogP contribution in [0.1, 0.15) is 13.8 Å². The highest BCUT2D eigenvalue weighted by atomic mass is 32.2. The Hall–Kier alpha value is -1.69. The Balaban J connectivity index is 1.81. The molecule has 1 fully saturated rings. The van der Waals surface area contributed by atoms with E-state index in [0.29, 0.717) is 24.8 Å². The van der Waals surface area contributed by atoms with E-state index in [1.807, 2.05) is 29.2 Å². The van der Waals surface area contributed by atoms with Crippen molar-refractivity contribution in [3.8, 4) is 5.75 Å². The molecule has 0 atom stereocenters. The topological polar surface area (TPSA) is 49.9 Å². The smallest absolute Gasteiger partial charge is 0.242 e. The van der Waals surface area contributed by atoms with Crippen LogP contribution in [0.2, 0.25) is 0 Å². The first kappa shape index (κ1) is 17.7. The Bertz CT molecular complexity index is 545. The van der Waals surface area contributed by atoms with Gasteiger partial charge in [0.15, 0.2) is 0 Å². The van der Waals surface area contributed by atoms with E-state index in [-0.39, 0.29) is 18.4 Å². The summed E-state index contributed by atoms with van der Waals surface area (Å²) in [5.74, 6) is 1.67. The van der Waals surface area contributed by atoms with Gasteiger partial charge in [0.2, 0.25) is 11.8 Å². The van der Waals surface area contributed by atoms with E-state index in [1.165, 1.54) is 11.8 Å². The van der Waals surface area contributed by atoms with E-state index in [4.69, 9.17) is 4.74 Å². The fraction of sp³-hybridized carbons (Fsp3) is 0.529. The molecule has 0 bridgehead atoms. The average Bonchev–Trinajstić information content (AvgIpc) is 2.54. The molecule has 6 heteroatoms. The Morgan fingerprint density at radius 1 is 1.26 bits per heavy atom. The van der Waals surface area contributed by atoms with Crippen molar-refractivity contribution >= 4 is 23.6 Å². The van der Waals surface area contributed by atoms with E-state index in [1.54, 1.807) is 12.0 Å². The molecule has 5 nitrogen and oxygen atoms in total. The fourth-order valence-electron chi connectivity index (χ4n) is 2.46. The Kier molecular flexibility index (Phi) is 6.33. The first-order chi connectivity index (χ1) is 11.0. The zero-order valence-electron chi connectivity index (χ0n) is 13.9. The van der Waals surface area contributed by atoms with Crippen LogP contribution in [0.3, 0.4) is 0 Å². The standard InChI is InChI=1S/C17H24N2O3S/c1-13(2)10-18-8-9-19(11-16(18)20)17(21)12-23-15-6-4-14(22-3)5-7-15/h4-7,13H,8-12H2,1-3H3. The second-order valence-corrected chi connectivity index (χ2v) is 7.06. The zero-order chi connectivity index (χ0) is 16.8. The lowest BCUT2D eigenvalue weighted by Gasteiger charge is -2.35. The van der Waals surface area contributed by atoms with Crippen LogP contribution >= 0.6 is 11.8 Å². The number of nitrogens with zero attached hydrogens (tertiary/aromatic N) is 2. The Morgan fingerprint density at radius 3 is 2.52 bits per heavy atom. The summed E-state index contributed by atoms with van der Waals surface area (Å²) in [6, 6.07) is 7.62. The maximum atomic E-state index is 12.3. The van der Waals surface area contributed by atoms with Crippen LogP contribution in [0.15, 0.2) is 29.2 Å². The number of ether oxygens (including phenoxy) is 1. The average molecular weight is 336 g/mol. The van der Waals surface area contributed by atoms with E-state index >= 15 is 0 Å². The lowest BCUT2D eigenvalue weighted by atomic mass is 10.2. The number of piperazine rings is 1. The summed E-state index contributed by atoms with van der Waals surface area (Å²) >= 11 is 1.48. The molecule has 2 amide bonds. The molecule has 1 aromatic rings. The molecule has 1 aliphatic heterocycles. The number of rotatable bonds is 6. The highest BCUT2D eigenvalue weighted by molar-refractivity contribution is 8.00. The summed E-state index contributed by atoms with van der Waals surface area (Å²) < 4.78 is 5.11. The van der Waals surface area contributed by atoms with Crippen LogP contribution in [-0.4, -0.2) is 60.7 Å². The van der Waals surface area contributed by atoms with E-state index in [0.717, 1.165) is 17.2 Å². The fourth-order valence-corrected chi connectivity index (χ4v) is 3.26. The second-order valence-electron chi connectivity index (χ2n) is 6.01. The number of methoxy groups -OCH3 is 1. The molecule has 2 rings (SSSR count). The van der Waals surface area contributed by atoms with Crippen LogP contribution in [0, 0.1) is 5.92 Å². The molecule has 0 aromatic heterocycles. The molecule has 0 spiro atoms. The highest BCUT2D eigenvalue weighted by Gasteiger charge is 2.27. The van der Waals surface area contributed by atoms with Crippen molar-refractivity contribution in [2.24, 2.45) is 5.92 Å². The predicted molar refractivity (Wildman–Crippen MR) is 91.7 cm³/mol. The van der Waals surface area contributed by atoms with Crippen molar-refractivity contribution in [3.05, 3.63) is 24.3 Å². The Morgan fingerprint density at radius 2 is 1.96 bits per heavy atom. The lowest BCUT2D eigenvalue weighted by molar-refractivity contribution is -0.144. The van der Waals surface area contributed by atoms with Crippen molar-refractivity contribution in [1.29, 1.82) is 0 Å². The molecule has 0 unspecified atom stereocenters. The Labute approximate surface area is 142 Å². The van der Waals surface area contributed by atoms with Crippen LogP contribution in [0.5, 0.6) is 5.75 Å². The number of carbonyl (C=O) groups excluding carboxylic acids is 2. The van der Waals surface area contributed by atoms with Crippen molar-refractivity contribution in [1.82, 2.24) is 9.80 Å². The number of hydrogen-bond acceptors (Lipinski definition) is 4. The molecule has 0 N–H and O–H groups in total. The van der Waals surface area contributed by atoms with Gasteiger partial charge in [-0.3, -0.25) is 9.59 Å². The van der Waals surface area contributed by atoms with Gasteiger partial charge in [-0.15, -0.1) is 11.8 Å². The third kappa shape index (κ3) is 5.16. The molecule has 1 aromatic carbocycles. The minimum Gasteiger partial charge on any atom is -0.497 e. The van der Waals surface area contributed by atoms with Gasteiger partial charge < -0.3 is 14.5 Å². The maximum Gasteiger partial charge on any atom is 0.242 e. The van der Waals surface area contributed by atoms with Gasteiger partial charge >= 0.3 is 0 Å². The van der Waals surface area contributed by atoms with Crippen LogP contribution in [0.25, 0.3) is 0 Å². The van der Waals surface area contributed by atoms with Gasteiger partial charge in [0.05, 0.1) is 19.4 Å². The summed E-state index contributed by atoms with van der Waals surface area (Å²) in [4.78, 5) is 28.9. The maximum absolute atomic E-state index is 12.3. The number of hydrogen-bond donors (Lipinski definition) is 0. The van der Waals surface area contributed by atoms with Gasteiger partial charge in [0, 0.05) is 24.5 Å². The van der Waals surface area contributed by atoms with Gasteiger partial charge in [-0.05, 0) is 30.2 Å². The number of benzene rings is 1. The SMILES string of the molecule is COc1ccc(SCC(=O)N2CCN(CC(C)C)C(=O)C2)cc1. The van der Waals surface area contributed by atoms with Gasteiger partial charge in [0.25, 0.3) is 0 Å². The minimum atomic E-state index is 0.0170. The van der Waals surface area contributed by atoms with Crippen molar-refractivity contribution < 1.29 is 14.3 Å². The summed E-state index contributed by atoms with van der Waals surface area (Å²) in [5.41, 5.74) is 0. The van der Waals surface area contributed by atoms with Gasteiger partial charge in [-0.25, -0.2) is 0 Å². The number of thioether (sulfide) groups is 1. The molecule has 1 saturated heterocycles. The minimum absolute atomic E-state index is 0.0170. The molecule has 1 heterocycles. The van der Waals surface area contributed by atoms with Crippen LogP contribution in [0.4, 0.5) is 0 Å². The monoisotopic (exact) mass is 336 g/mol. The predicted octanol–water partition coefficient (Wildman–Crippen LogP) is 2.11. The largest absolute Gasteiger partial charge is 0.497 e. The highest BCUT2D eigenvalue weighted by Crippen LogP contribution is 2.22. The molecular formula is C17H24N2O3S. The molecule has 0 saturated carbocycles. The van der Waals surface area contributed by atoms with Crippen molar-refractivity contribution in [3.63, 3.8) is 0 Å². The van der Waals surface area contributed by atoms with E-state index < -0.39 is 0 Å². The summed E-state index contributed by atoms with van der Waals surface area (Å²) in [7, 11) is 1.63. The molecular weight excluding hydrogens is 312 g/mol. The van der Waals surface area contributed by atoms with E-state index in [2.05, 4.69) is 13.8 Å². The molecule has 1 aliphatic rings. The summed E-state index contributed by atoms with van der Waals surface area (Å²) in [6.45, 7) is 6.42. The van der Waals surface area contributed by atoms with E-state index in [9.17, 15) is 9.59 Å². The third-order valence-electron chi connectivity index (χ3n) is 3.68. The third-order valence-corrected chi connectivity index (χ3v) is 4.68. The second kappa shape index (κ2) is 8.24. The molecule has 126 valence electrons. The molecule has 0 radical (unpaired) electrons. The summed E-state index contributed by atoms with van der Waals surface area (Å²) in [6.07, 6.45) is 0. The van der Waals surface area contributed by atoms with Gasteiger partial charge in [-0.2, -0.15) is 0 Å². The first-order valence-corrected chi connectivity index (χ1v) is 8.80. The van der Waals surface area contributed by atoms with Crippen molar-refractivity contribution in [2.75, 3.05) is 39.0 Å². The summed E-state index contributed by atoms with van der Waals surface area (Å²) in [5, 5.41) is 0. The normalized spacial score (nSPS) is 15.2. The number of amides is 2. The lowest BCUT2D eigenvalue weighted by Crippen LogP contribution is -2.53. The zero-order valence-corrected chi connectivity index (χ0v) is 14.8. The number of carbonyl (C=O) groups is 2. The van der Waals surface area contributed by atoms with Gasteiger partial charge in [0.1, 0.15) is 5.75 Å². The quantitative estimate of drug-likeness (QED) is 0.747. The molecule has 0 aliphatic carbocycles. The first-order valence-electron chi connectivity index (χ1n) is 7.82. The van der Waals surface area contributed by atoms with Crippen LogP contribution < -0.4 is 4.74 Å². The van der Waals surface area contributed by atoms with Gasteiger partial charge in [-0.1, -0.05) is 13.8 Å². The van der Waals surface area contributed by atoms with Crippen molar-refractivity contribution in [2.45, 2.75) is 18.7 Å². The van der Waals surface area contributed by atoms with Crippen LogP contribution in [-0.2, 0) is 9.59 Å².